The number of likely N-dealkylation sites (N-methyl/N-ethyl adjacent to an activating group) is 1. The monoisotopic (exact) mass is 913 g/mol. The summed E-state index contributed by atoms with van der Waals surface area (Å²) in [6.07, 6.45) is 55.6. The summed E-state index contributed by atoms with van der Waals surface area (Å²) < 4.78 is 23.3. The van der Waals surface area contributed by atoms with E-state index in [2.05, 4.69) is 19.2 Å². The molecule has 0 rings (SSSR count). The number of nitrogens with one attached hydrogen (secondary N) is 1. The van der Waals surface area contributed by atoms with Gasteiger partial charge in [-0.1, -0.05) is 264 Å². The molecule has 0 fully saturated rings. The molecule has 0 saturated carbocycles. The van der Waals surface area contributed by atoms with Gasteiger partial charge in [-0.25, -0.2) is 0 Å². The fourth-order valence-electron chi connectivity index (χ4n) is 8.39. The van der Waals surface area contributed by atoms with E-state index in [0.717, 1.165) is 38.5 Å². The number of unbranched alkanes of at least 4 members (excludes halogenated alkanes) is 38. The Balaban J connectivity index is 4.20. The van der Waals surface area contributed by atoms with Crippen LogP contribution in [0.15, 0.2) is 12.2 Å². The van der Waals surface area contributed by atoms with Gasteiger partial charge in [0, 0.05) is 6.42 Å². The molecule has 8 nitrogen and oxygen atoms in total. The summed E-state index contributed by atoms with van der Waals surface area (Å²) in [4.78, 5) is 25.5. The second kappa shape index (κ2) is 46.4. The molecule has 3 atom stereocenters. The molecule has 63 heavy (non-hydrogen) atoms. The van der Waals surface area contributed by atoms with Crippen molar-refractivity contribution in [3.63, 3.8) is 0 Å². The minimum Gasteiger partial charge on any atom is -0.756 e. The Labute approximate surface area is 392 Å². The van der Waals surface area contributed by atoms with Crippen LogP contribution in [0.2, 0.25) is 0 Å². The highest BCUT2D eigenvalue weighted by molar-refractivity contribution is 7.45. The molecule has 9 heteroatoms. The van der Waals surface area contributed by atoms with Crippen molar-refractivity contribution < 1.29 is 32.9 Å². The third-order valence-electron chi connectivity index (χ3n) is 12.7. The quantitative estimate of drug-likeness (QED) is 0.0272. The number of quaternary nitrogens is 1. The zero-order valence-corrected chi connectivity index (χ0v) is 43.7. The number of aliphatic hydroxyl groups excluding tert-OH is 1. The third-order valence-corrected chi connectivity index (χ3v) is 13.7. The van der Waals surface area contributed by atoms with Crippen LogP contribution >= 0.6 is 7.82 Å². The molecular weight excluding hydrogens is 804 g/mol. The second-order valence-corrected chi connectivity index (χ2v) is 21.7. The van der Waals surface area contributed by atoms with Gasteiger partial charge in [0.2, 0.25) is 5.91 Å². The van der Waals surface area contributed by atoms with Crippen molar-refractivity contribution in [3.8, 4) is 0 Å². The van der Waals surface area contributed by atoms with E-state index in [1.54, 1.807) is 6.08 Å². The highest BCUT2D eigenvalue weighted by Crippen LogP contribution is 2.38. The summed E-state index contributed by atoms with van der Waals surface area (Å²) in [6.45, 7) is 4.69. The lowest BCUT2D eigenvalue weighted by molar-refractivity contribution is -0.870. The number of hydrogen-bond acceptors (Lipinski definition) is 6. The highest BCUT2D eigenvalue weighted by Gasteiger charge is 2.23. The maximum atomic E-state index is 12.9. The Kier molecular flexibility index (Phi) is 45.8. The standard InChI is InChI=1S/C54H109N2O6P/c1-6-8-10-12-14-16-18-20-22-24-26-27-28-29-30-32-34-36-38-40-42-44-46-48-54(58)55-52(51-62-63(59,60)61-50-49-56(3,4)5)53(57)47-45-43-41-39-37-35-33-31-25-23-21-19-17-15-13-11-9-7-2/h45,47,52-53,57H,6-44,46,48-51H2,1-5H3,(H-,55,58,59,60)/b47-45+. The number of carbonyl (C=O) groups is 1. The summed E-state index contributed by atoms with van der Waals surface area (Å²) in [7, 11) is 1.28. The largest absolute Gasteiger partial charge is 0.756 e. The Hall–Kier alpha value is -0.760. The molecule has 0 spiro atoms. The van der Waals surface area contributed by atoms with Gasteiger partial charge in [0.1, 0.15) is 13.2 Å². The van der Waals surface area contributed by atoms with E-state index in [1.807, 2.05) is 27.2 Å². The number of rotatable bonds is 51. The molecule has 376 valence electrons. The van der Waals surface area contributed by atoms with Crippen molar-refractivity contribution in [2.45, 2.75) is 289 Å². The summed E-state index contributed by atoms with van der Waals surface area (Å²) in [5.74, 6) is -0.191. The molecule has 0 aliphatic heterocycles. The van der Waals surface area contributed by atoms with Crippen LogP contribution in [-0.4, -0.2) is 68.5 Å². The Morgan fingerprint density at radius 1 is 0.540 bits per heavy atom. The van der Waals surface area contributed by atoms with E-state index in [0.29, 0.717) is 17.4 Å². The lowest BCUT2D eigenvalue weighted by atomic mass is 10.0. The third kappa shape index (κ3) is 49.0. The van der Waals surface area contributed by atoms with Crippen LogP contribution in [0, 0.1) is 0 Å². The van der Waals surface area contributed by atoms with Crippen molar-refractivity contribution in [3.05, 3.63) is 12.2 Å². The number of carbonyl (C=O) groups excluding carboxylic acids is 1. The van der Waals surface area contributed by atoms with Gasteiger partial charge in [0.25, 0.3) is 7.82 Å². The lowest BCUT2D eigenvalue weighted by Crippen LogP contribution is -2.45. The number of hydrogen-bond donors (Lipinski definition) is 2. The molecule has 0 aromatic carbocycles. The van der Waals surface area contributed by atoms with Crippen LogP contribution in [0.3, 0.4) is 0 Å². The van der Waals surface area contributed by atoms with E-state index in [4.69, 9.17) is 9.05 Å². The van der Waals surface area contributed by atoms with E-state index in [1.165, 1.54) is 218 Å². The van der Waals surface area contributed by atoms with Crippen LogP contribution in [0.25, 0.3) is 0 Å². The zero-order chi connectivity index (χ0) is 46.4. The summed E-state index contributed by atoms with van der Waals surface area (Å²) in [5, 5.41) is 13.9. The average Bonchev–Trinajstić information content (AvgIpc) is 3.24. The Morgan fingerprint density at radius 3 is 1.19 bits per heavy atom. The van der Waals surface area contributed by atoms with E-state index in [-0.39, 0.29) is 19.1 Å². The molecule has 2 N–H and O–H groups in total. The van der Waals surface area contributed by atoms with E-state index in [9.17, 15) is 19.4 Å². The molecule has 1 amide bonds. The fraction of sp³-hybridized carbons (Fsp3) is 0.944. The van der Waals surface area contributed by atoms with Gasteiger partial charge in [0.05, 0.1) is 39.9 Å². The Morgan fingerprint density at radius 2 is 0.857 bits per heavy atom. The van der Waals surface area contributed by atoms with Crippen molar-refractivity contribution in [2.75, 3.05) is 40.9 Å². The number of phosphoric acid groups is 1. The molecule has 0 aromatic rings. The second-order valence-electron chi connectivity index (χ2n) is 20.3. The summed E-state index contributed by atoms with van der Waals surface area (Å²) in [5.41, 5.74) is 0. The highest BCUT2D eigenvalue weighted by atomic mass is 31.2. The average molecular weight is 913 g/mol. The minimum absolute atomic E-state index is 0.00259. The maximum absolute atomic E-state index is 12.9. The van der Waals surface area contributed by atoms with Gasteiger partial charge in [-0.3, -0.25) is 9.36 Å². The number of phosphoric ester groups is 1. The van der Waals surface area contributed by atoms with Crippen molar-refractivity contribution >= 4 is 13.7 Å². The van der Waals surface area contributed by atoms with Crippen molar-refractivity contribution in [2.24, 2.45) is 0 Å². The number of aliphatic hydroxyl groups is 1. The predicted molar refractivity (Wildman–Crippen MR) is 270 cm³/mol. The molecule has 0 saturated heterocycles. The van der Waals surface area contributed by atoms with Gasteiger partial charge in [-0.05, 0) is 19.3 Å². The van der Waals surface area contributed by atoms with Crippen LogP contribution in [-0.2, 0) is 18.4 Å². The van der Waals surface area contributed by atoms with Crippen LogP contribution in [0.1, 0.15) is 277 Å². The molecule has 0 aromatic heterocycles. The van der Waals surface area contributed by atoms with Crippen LogP contribution < -0.4 is 10.2 Å². The van der Waals surface area contributed by atoms with Gasteiger partial charge in [0.15, 0.2) is 0 Å². The molecule has 0 radical (unpaired) electrons. The number of amides is 1. The topological polar surface area (TPSA) is 108 Å². The first-order chi connectivity index (χ1) is 30.5. The van der Waals surface area contributed by atoms with Gasteiger partial charge in [-0.2, -0.15) is 0 Å². The van der Waals surface area contributed by atoms with Gasteiger partial charge in [-0.15, -0.1) is 0 Å². The fourth-order valence-corrected chi connectivity index (χ4v) is 9.11. The first-order valence-corrected chi connectivity index (χ1v) is 29.0. The van der Waals surface area contributed by atoms with E-state index >= 15 is 0 Å². The lowest BCUT2D eigenvalue weighted by Gasteiger charge is -2.29. The molecule has 0 aliphatic rings. The van der Waals surface area contributed by atoms with Crippen LogP contribution in [0.5, 0.6) is 0 Å². The van der Waals surface area contributed by atoms with Gasteiger partial charge < -0.3 is 28.8 Å². The van der Waals surface area contributed by atoms with Crippen molar-refractivity contribution in [1.29, 1.82) is 0 Å². The van der Waals surface area contributed by atoms with Crippen LogP contribution in [0.4, 0.5) is 0 Å². The zero-order valence-electron chi connectivity index (χ0n) is 42.8. The summed E-state index contributed by atoms with van der Waals surface area (Å²) >= 11 is 0. The first kappa shape index (κ1) is 62.2. The molecule has 0 heterocycles. The summed E-state index contributed by atoms with van der Waals surface area (Å²) in [6, 6.07) is -0.881. The van der Waals surface area contributed by atoms with Gasteiger partial charge >= 0.3 is 0 Å². The molecular formula is C54H109N2O6P. The minimum atomic E-state index is -4.59. The SMILES string of the molecule is CCCCCCCCCCCCCCCCCC/C=C/C(O)C(COP(=O)([O-])OCC[N+](C)(C)C)NC(=O)CCCCCCCCCCCCCCCCCCCCCCCCC. The number of nitrogens with zero attached hydrogens (tertiary/aromatic N) is 1. The van der Waals surface area contributed by atoms with E-state index < -0.39 is 20.0 Å². The molecule has 0 bridgehead atoms. The normalized spacial score (nSPS) is 14.1. The smallest absolute Gasteiger partial charge is 0.268 e. The maximum Gasteiger partial charge on any atom is 0.268 e. The first-order valence-electron chi connectivity index (χ1n) is 27.6. The van der Waals surface area contributed by atoms with Crippen molar-refractivity contribution in [1.82, 2.24) is 5.32 Å². The molecule has 3 unspecified atom stereocenters. The predicted octanol–water partition coefficient (Wildman–Crippen LogP) is 15.6. The number of allylic oxidation sites excluding steroid dienone is 1. The Bertz CT molecular complexity index is 1040. The molecule has 0 aliphatic carbocycles.